The predicted octanol–water partition coefficient (Wildman–Crippen LogP) is 0.599. The first-order chi connectivity index (χ1) is 9.84. The number of rotatable bonds is 12. The van der Waals surface area contributed by atoms with Crippen molar-refractivity contribution in [3.05, 3.63) is 0 Å². The molecule has 0 bridgehead atoms. The summed E-state index contributed by atoms with van der Waals surface area (Å²) < 4.78 is 0. The molecule has 0 aliphatic carbocycles. The summed E-state index contributed by atoms with van der Waals surface area (Å²) in [7, 11) is 0. The average molecular weight is 299 g/mol. The van der Waals surface area contributed by atoms with Crippen LogP contribution in [0.15, 0.2) is 0 Å². The number of Topliss-reactive ketones (excluding diaryl/α,β-unsaturated/α-hetero) is 1. The molecule has 6 nitrogen and oxygen atoms in total. The number of carbonyl (C=O) groups is 3. The van der Waals surface area contributed by atoms with Gasteiger partial charge in [0.15, 0.2) is 0 Å². The summed E-state index contributed by atoms with van der Waals surface area (Å²) in [6, 6.07) is 0. The number of amides is 2. The number of hydrogen-bond donors (Lipinski definition) is 3. The number of nitrogens with two attached hydrogens (primary N) is 1. The molecule has 0 aromatic carbocycles. The van der Waals surface area contributed by atoms with Crippen LogP contribution in [0.1, 0.15) is 46.5 Å². The maximum atomic E-state index is 11.9. The lowest BCUT2D eigenvalue weighted by Crippen LogP contribution is -2.29. The highest BCUT2D eigenvalue weighted by Gasteiger charge is 2.12. The van der Waals surface area contributed by atoms with Crippen LogP contribution in [-0.4, -0.2) is 37.2 Å². The smallest absolute Gasteiger partial charge is 0.220 e. The van der Waals surface area contributed by atoms with E-state index in [1.54, 1.807) is 0 Å². The van der Waals surface area contributed by atoms with Crippen molar-refractivity contribution in [2.24, 2.45) is 17.6 Å². The van der Waals surface area contributed by atoms with Gasteiger partial charge in [0.1, 0.15) is 5.78 Å². The van der Waals surface area contributed by atoms with Crippen LogP contribution in [0.2, 0.25) is 0 Å². The van der Waals surface area contributed by atoms with E-state index in [9.17, 15) is 14.4 Å². The van der Waals surface area contributed by atoms with E-state index >= 15 is 0 Å². The Morgan fingerprint density at radius 2 is 1.57 bits per heavy atom. The van der Waals surface area contributed by atoms with E-state index in [1.807, 2.05) is 13.8 Å². The summed E-state index contributed by atoms with van der Waals surface area (Å²) >= 11 is 0. The number of primary amides is 1. The van der Waals surface area contributed by atoms with Crippen molar-refractivity contribution in [3.8, 4) is 0 Å². The molecule has 6 heteroatoms. The zero-order chi connectivity index (χ0) is 16.3. The van der Waals surface area contributed by atoms with Gasteiger partial charge in [0.05, 0.1) is 6.54 Å². The fourth-order valence-corrected chi connectivity index (χ4v) is 1.89. The lowest BCUT2D eigenvalue weighted by atomic mass is 10.0. The molecule has 0 aromatic heterocycles. The monoisotopic (exact) mass is 299 g/mol. The molecule has 0 aromatic rings. The largest absolute Gasteiger partial charge is 0.369 e. The van der Waals surface area contributed by atoms with Crippen molar-refractivity contribution in [2.45, 2.75) is 46.5 Å². The van der Waals surface area contributed by atoms with E-state index in [0.717, 1.165) is 25.7 Å². The minimum Gasteiger partial charge on any atom is -0.369 e. The van der Waals surface area contributed by atoms with Gasteiger partial charge in [-0.3, -0.25) is 14.4 Å². The molecule has 0 spiro atoms. The molecule has 4 N–H and O–H groups in total. The topological polar surface area (TPSA) is 101 Å². The van der Waals surface area contributed by atoms with Crippen molar-refractivity contribution < 1.29 is 14.4 Å². The van der Waals surface area contributed by atoms with Crippen LogP contribution in [0.3, 0.4) is 0 Å². The minimum absolute atomic E-state index is 0.00389. The molecule has 0 aliphatic heterocycles. The Morgan fingerprint density at radius 1 is 1.00 bits per heavy atom. The van der Waals surface area contributed by atoms with E-state index < -0.39 is 0 Å². The van der Waals surface area contributed by atoms with E-state index in [4.69, 9.17) is 5.73 Å². The summed E-state index contributed by atoms with van der Waals surface area (Å²) in [6.45, 7) is 6.88. The molecule has 21 heavy (non-hydrogen) atoms. The number of carbonyl (C=O) groups excluding carboxylic acids is 3. The first-order valence-corrected chi connectivity index (χ1v) is 7.61. The maximum Gasteiger partial charge on any atom is 0.220 e. The van der Waals surface area contributed by atoms with Crippen molar-refractivity contribution in [3.63, 3.8) is 0 Å². The second-order valence-corrected chi connectivity index (χ2v) is 5.61. The van der Waals surface area contributed by atoms with Gasteiger partial charge in [0, 0.05) is 25.3 Å². The minimum atomic E-state index is -0.279. The van der Waals surface area contributed by atoms with Crippen LogP contribution in [-0.2, 0) is 14.4 Å². The number of nitrogens with one attached hydrogen (secondary N) is 2. The second-order valence-electron chi connectivity index (χ2n) is 5.61. The molecule has 0 heterocycles. The standard InChI is InChI=1S/C15H29N3O3/c1-11(6-5-9-18-13(3)19)14(20)10-17-8-4-7-12(2)15(16)21/h11-12,17H,4-10H2,1-3H3,(H2,16,21)(H,18,19). The normalized spacial score (nSPS) is 13.5. The Kier molecular flexibility index (Phi) is 10.5. The highest BCUT2D eigenvalue weighted by atomic mass is 16.2. The van der Waals surface area contributed by atoms with Gasteiger partial charge in [0.2, 0.25) is 11.8 Å². The predicted molar refractivity (Wildman–Crippen MR) is 82.6 cm³/mol. The molecule has 0 rings (SSSR count). The third kappa shape index (κ3) is 11.0. The summed E-state index contributed by atoms with van der Waals surface area (Å²) in [6.07, 6.45) is 3.15. The van der Waals surface area contributed by atoms with Crippen molar-refractivity contribution in [1.29, 1.82) is 0 Å². The van der Waals surface area contributed by atoms with Gasteiger partial charge in [0.25, 0.3) is 0 Å². The molecule has 0 radical (unpaired) electrons. The second kappa shape index (κ2) is 11.3. The SMILES string of the molecule is CC(=O)NCCCC(C)C(=O)CNCCCC(C)C(N)=O. The van der Waals surface area contributed by atoms with Crippen molar-refractivity contribution in [2.75, 3.05) is 19.6 Å². The first kappa shape index (κ1) is 19.6. The highest BCUT2D eigenvalue weighted by molar-refractivity contribution is 5.82. The molecule has 2 atom stereocenters. The van der Waals surface area contributed by atoms with Gasteiger partial charge in [-0.25, -0.2) is 0 Å². The molecule has 0 aliphatic rings. The van der Waals surface area contributed by atoms with Crippen LogP contribution in [0.25, 0.3) is 0 Å². The zero-order valence-electron chi connectivity index (χ0n) is 13.4. The number of hydrogen-bond acceptors (Lipinski definition) is 4. The number of ketones is 1. The van der Waals surface area contributed by atoms with Gasteiger partial charge in [-0.1, -0.05) is 13.8 Å². The van der Waals surface area contributed by atoms with Crippen LogP contribution in [0, 0.1) is 11.8 Å². The fourth-order valence-electron chi connectivity index (χ4n) is 1.89. The summed E-state index contributed by atoms with van der Waals surface area (Å²) in [5, 5.41) is 5.81. The van der Waals surface area contributed by atoms with Crippen LogP contribution < -0.4 is 16.4 Å². The Labute approximate surface area is 127 Å². The zero-order valence-corrected chi connectivity index (χ0v) is 13.4. The third-order valence-electron chi connectivity index (χ3n) is 3.51. The van der Waals surface area contributed by atoms with Crippen LogP contribution in [0.5, 0.6) is 0 Å². The molecule has 2 amide bonds. The Balaban J connectivity index is 3.60. The maximum absolute atomic E-state index is 11.9. The molecule has 2 unspecified atom stereocenters. The van der Waals surface area contributed by atoms with Crippen LogP contribution in [0.4, 0.5) is 0 Å². The molecule has 0 fully saturated rings. The quantitative estimate of drug-likeness (QED) is 0.459. The Bertz CT molecular complexity index is 345. The van der Waals surface area contributed by atoms with Crippen LogP contribution >= 0.6 is 0 Å². The van der Waals surface area contributed by atoms with E-state index in [1.165, 1.54) is 6.92 Å². The highest BCUT2D eigenvalue weighted by Crippen LogP contribution is 2.06. The summed E-state index contributed by atoms with van der Waals surface area (Å²) in [5.41, 5.74) is 5.18. The molecule has 0 saturated heterocycles. The summed E-state index contributed by atoms with van der Waals surface area (Å²) in [5.74, 6) is -0.258. The molecule has 122 valence electrons. The third-order valence-corrected chi connectivity index (χ3v) is 3.51. The van der Waals surface area contributed by atoms with Gasteiger partial charge in [-0.05, 0) is 32.2 Å². The van der Waals surface area contributed by atoms with Crippen molar-refractivity contribution >= 4 is 17.6 Å². The van der Waals surface area contributed by atoms with Gasteiger partial charge < -0.3 is 16.4 Å². The molecule has 0 saturated carbocycles. The lowest BCUT2D eigenvalue weighted by Gasteiger charge is -2.12. The van der Waals surface area contributed by atoms with E-state index in [-0.39, 0.29) is 29.4 Å². The molecular weight excluding hydrogens is 270 g/mol. The Morgan fingerprint density at radius 3 is 2.14 bits per heavy atom. The lowest BCUT2D eigenvalue weighted by molar-refractivity contribution is -0.122. The molecular formula is C15H29N3O3. The van der Waals surface area contributed by atoms with E-state index in [0.29, 0.717) is 19.6 Å². The average Bonchev–Trinajstić information content (AvgIpc) is 2.41. The Hall–Kier alpha value is -1.43. The first-order valence-electron chi connectivity index (χ1n) is 7.61. The van der Waals surface area contributed by atoms with Gasteiger partial charge >= 0.3 is 0 Å². The fraction of sp³-hybridized carbons (Fsp3) is 0.800. The van der Waals surface area contributed by atoms with Gasteiger partial charge in [-0.2, -0.15) is 0 Å². The summed E-state index contributed by atoms with van der Waals surface area (Å²) in [4.78, 5) is 33.4. The van der Waals surface area contributed by atoms with Gasteiger partial charge in [-0.15, -0.1) is 0 Å². The van der Waals surface area contributed by atoms with Crippen molar-refractivity contribution in [1.82, 2.24) is 10.6 Å². The van der Waals surface area contributed by atoms with E-state index in [2.05, 4.69) is 10.6 Å².